The average molecular weight is 258 g/mol. The maximum atomic E-state index is 12.9. The zero-order chi connectivity index (χ0) is 13.4. The van der Waals surface area contributed by atoms with Gasteiger partial charge in [-0.15, -0.1) is 0 Å². The molecule has 3 nitrogen and oxygen atoms in total. The van der Waals surface area contributed by atoms with Gasteiger partial charge in [-0.25, -0.2) is 9.37 Å². The lowest BCUT2D eigenvalue weighted by atomic mass is 10.0. The first-order chi connectivity index (χ1) is 9.13. The molecule has 0 radical (unpaired) electrons. The van der Waals surface area contributed by atoms with E-state index in [0.29, 0.717) is 11.6 Å². The number of hydrogen-bond acceptors (Lipinski definition) is 2. The molecule has 1 aromatic heterocycles. The number of fused-ring (bicyclic) bond motifs is 1. The minimum absolute atomic E-state index is 0.0177. The number of aryl methyl sites for hydroxylation is 1. The predicted molar refractivity (Wildman–Crippen MR) is 71.4 cm³/mol. The first kappa shape index (κ1) is 12.1. The van der Waals surface area contributed by atoms with Gasteiger partial charge in [0.1, 0.15) is 11.6 Å². The van der Waals surface area contributed by atoms with Gasteiger partial charge in [-0.3, -0.25) is 9.36 Å². The molecule has 0 saturated heterocycles. The Labute approximate surface area is 110 Å². The van der Waals surface area contributed by atoms with Crippen LogP contribution in [0.15, 0.2) is 35.1 Å². The Morgan fingerprint density at radius 2 is 2.05 bits per heavy atom. The third kappa shape index (κ3) is 2.30. The first-order valence-electron chi connectivity index (χ1n) is 6.50. The number of benzene rings is 1. The highest BCUT2D eigenvalue weighted by molar-refractivity contribution is 5.58. The molecule has 0 aliphatic carbocycles. The van der Waals surface area contributed by atoms with E-state index in [-0.39, 0.29) is 11.4 Å². The standard InChI is InChI=1S/C15H15FN2O/c1-10-2-7-14-17-13(8-15(19)18(14)9-10)11-3-5-12(16)6-4-11/h3-6,8,10H,2,7,9H2,1H3/t10-/m1/s1. The van der Waals surface area contributed by atoms with Crippen LogP contribution in [0, 0.1) is 11.7 Å². The summed E-state index contributed by atoms with van der Waals surface area (Å²) in [6, 6.07) is 7.61. The van der Waals surface area contributed by atoms with Gasteiger partial charge in [-0.1, -0.05) is 6.92 Å². The SMILES string of the molecule is C[C@@H]1CCc2nc(-c3ccc(F)cc3)cc(=O)n2C1. The lowest BCUT2D eigenvalue weighted by Crippen LogP contribution is -2.31. The Morgan fingerprint density at radius 1 is 1.32 bits per heavy atom. The van der Waals surface area contributed by atoms with Crippen LogP contribution >= 0.6 is 0 Å². The van der Waals surface area contributed by atoms with Crippen LogP contribution in [0.3, 0.4) is 0 Å². The number of aromatic nitrogens is 2. The van der Waals surface area contributed by atoms with Gasteiger partial charge in [-0.05, 0) is 36.6 Å². The second-order valence-electron chi connectivity index (χ2n) is 5.16. The molecule has 3 rings (SSSR count). The second kappa shape index (κ2) is 4.61. The van der Waals surface area contributed by atoms with Gasteiger partial charge in [0.2, 0.25) is 0 Å². The molecule has 0 saturated carbocycles. The van der Waals surface area contributed by atoms with Crippen molar-refractivity contribution in [2.75, 3.05) is 0 Å². The van der Waals surface area contributed by atoms with E-state index in [2.05, 4.69) is 11.9 Å². The summed E-state index contributed by atoms with van der Waals surface area (Å²) >= 11 is 0. The Hall–Kier alpha value is -1.97. The number of rotatable bonds is 1. The van der Waals surface area contributed by atoms with Crippen LogP contribution in [-0.4, -0.2) is 9.55 Å². The fraction of sp³-hybridized carbons (Fsp3) is 0.333. The molecule has 4 heteroatoms. The van der Waals surface area contributed by atoms with Crippen molar-refractivity contribution < 1.29 is 4.39 Å². The van der Waals surface area contributed by atoms with Crippen LogP contribution in [0.25, 0.3) is 11.3 Å². The van der Waals surface area contributed by atoms with Crippen molar-refractivity contribution in [1.29, 1.82) is 0 Å². The fourth-order valence-corrected chi connectivity index (χ4v) is 2.49. The third-order valence-electron chi connectivity index (χ3n) is 3.58. The van der Waals surface area contributed by atoms with Crippen molar-refractivity contribution in [1.82, 2.24) is 9.55 Å². The maximum Gasteiger partial charge on any atom is 0.254 e. The molecule has 2 heterocycles. The summed E-state index contributed by atoms with van der Waals surface area (Å²) in [6.45, 7) is 2.88. The van der Waals surface area contributed by atoms with E-state index in [1.165, 1.54) is 18.2 Å². The molecule has 0 N–H and O–H groups in total. The molecule has 0 fully saturated rings. The Balaban J connectivity index is 2.07. The smallest absolute Gasteiger partial charge is 0.254 e. The monoisotopic (exact) mass is 258 g/mol. The van der Waals surface area contributed by atoms with Crippen molar-refractivity contribution in [2.45, 2.75) is 26.3 Å². The van der Waals surface area contributed by atoms with E-state index in [9.17, 15) is 9.18 Å². The van der Waals surface area contributed by atoms with Gasteiger partial charge < -0.3 is 0 Å². The molecular weight excluding hydrogens is 243 g/mol. The largest absolute Gasteiger partial charge is 0.296 e. The maximum absolute atomic E-state index is 12.9. The topological polar surface area (TPSA) is 34.9 Å². The van der Waals surface area contributed by atoms with Crippen LogP contribution in [0.5, 0.6) is 0 Å². The van der Waals surface area contributed by atoms with E-state index in [4.69, 9.17) is 0 Å². The minimum atomic E-state index is -0.285. The van der Waals surface area contributed by atoms with Gasteiger partial charge in [0.25, 0.3) is 5.56 Å². The van der Waals surface area contributed by atoms with Gasteiger partial charge >= 0.3 is 0 Å². The summed E-state index contributed by atoms with van der Waals surface area (Å²) in [5, 5.41) is 0. The van der Waals surface area contributed by atoms with Gasteiger partial charge in [0, 0.05) is 24.6 Å². The summed E-state index contributed by atoms with van der Waals surface area (Å²) in [7, 11) is 0. The van der Waals surface area contributed by atoms with Crippen molar-refractivity contribution in [3.8, 4) is 11.3 Å². The number of halogens is 1. The van der Waals surface area contributed by atoms with Crippen LogP contribution < -0.4 is 5.56 Å². The molecule has 19 heavy (non-hydrogen) atoms. The Bertz CT molecular complexity index is 661. The summed E-state index contributed by atoms with van der Waals surface area (Å²) in [6.07, 6.45) is 1.88. The number of hydrogen-bond donors (Lipinski definition) is 0. The van der Waals surface area contributed by atoms with Gasteiger partial charge in [0.15, 0.2) is 0 Å². The molecule has 1 aliphatic heterocycles. The molecule has 98 valence electrons. The highest BCUT2D eigenvalue weighted by Crippen LogP contribution is 2.20. The fourth-order valence-electron chi connectivity index (χ4n) is 2.49. The molecule has 1 atom stereocenters. The van der Waals surface area contributed by atoms with Crippen molar-refractivity contribution >= 4 is 0 Å². The quantitative estimate of drug-likeness (QED) is 0.788. The summed E-state index contributed by atoms with van der Waals surface area (Å²) < 4.78 is 14.7. The van der Waals surface area contributed by atoms with Crippen LogP contribution in [0.2, 0.25) is 0 Å². The van der Waals surface area contributed by atoms with Crippen LogP contribution in [0.4, 0.5) is 4.39 Å². The first-order valence-corrected chi connectivity index (χ1v) is 6.50. The van der Waals surface area contributed by atoms with Crippen LogP contribution in [0.1, 0.15) is 19.2 Å². The molecule has 0 amide bonds. The van der Waals surface area contributed by atoms with E-state index in [0.717, 1.165) is 30.8 Å². The third-order valence-corrected chi connectivity index (χ3v) is 3.58. The van der Waals surface area contributed by atoms with Crippen molar-refractivity contribution in [3.63, 3.8) is 0 Å². The average Bonchev–Trinajstić information content (AvgIpc) is 2.40. The predicted octanol–water partition coefficient (Wildman–Crippen LogP) is 2.63. The summed E-state index contributed by atoms with van der Waals surface area (Å²) in [5.41, 5.74) is 1.39. The van der Waals surface area contributed by atoms with E-state index in [1.54, 1.807) is 16.7 Å². The molecule has 0 unspecified atom stereocenters. The van der Waals surface area contributed by atoms with Gasteiger partial charge in [-0.2, -0.15) is 0 Å². The van der Waals surface area contributed by atoms with Crippen molar-refractivity contribution in [2.24, 2.45) is 5.92 Å². The number of nitrogens with zero attached hydrogens (tertiary/aromatic N) is 2. The highest BCUT2D eigenvalue weighted by Gasteiger charge is 2.18. The minimum Gasteiger partial charge on any atom is -0.296 e. The van der Waals surface area contributed by atoms with E-state index in [1.807, 2.05) is 0 Å². The Morgan fingerprint density at radius 3 is 2.79 bits per heavy atom. The zero-order valence-electron chi connectivity index (χ0n) is 10.8. The second-order valence-corrected chi connectivity index (χ2v) is 5.16. The summed E-state index contributed by atoms with van der Waals surface area (Å²) in [5.74, 6) is 1.07. The zero-order valence-corrected chi connectivity index (χ0v) is 10.8. The highest BCUT2D eigenvalue weighted by atomic mass is 19.1. The molecule has 1 aromatic carbocycles. The lowest BCUT2D eigenvalue weighted by Gasteiger charge is -2.22. The van der Waals surface area contributed by atoms with E-state index >= 15 is 0 Å². The molecule has 2 aromatic rings. The van der Waals surface area contributed by atoms with Crippen molar-refractivity contribution in [3.05, 3.63) is 52.3 Å². The molecule has 0 spiro atoms. The molecule has 0 bridgehead atoms. The van der Waals surface area contributed by atoms with E-state index < -0.39 is 0 Å². The lowest BCUT2D eigenvalue weighted by molar-refractivity contribution is 0.379. The van der Waals surface area contributed by atoms with Crippen LogP contribution in [-0.2, 0) is 13.0 Å². The van der Waals surface area contributed by atoms with Gasteiger partial charge in [0.05, 0.1) is 5.69 Å². The Kier molecular flexibility index (Phi) is 2.93. The molecular formula is C15H15FN2O. The summed E-state index contributed by atoms with van der Waals surface area (Å²) in [4.78, 5) is 16.7. The molecule has 1 aliphatic rings. The normalized spacial score (nSPS) is 18.1.